The lowest BCUT2D eigenvalue weighted by Crippen LogP contribution is -2.34. The highest BCUT2D eigenvalue weighted by molar-refractivity contribution is 6.00. The van der Waals surface area contributed by atoms with Crippen molar-refractivity contribution in [1.82, 2.24) is 10.2 Å². The van der Waals surface area contributed by atoms with E-state index in [1.807, 2.05) is 45.6 Å². The third kappa shape index (κ3) is 5.74. The highest BCUT2D eigenvalue weighted by Gasteiger charge is 2.39. The van der Waals surface area contributed by atoms with Crippen LogP contribution in [0.5, 0.6) is 0 Å². The molecule has 1 aliphatic heterocycles. The molecule has 0 aromatic heterocycles. The number of ether oxygens (including phenoxy) is 1. The number of nitrogens with zero attached hydrogens (tertiary/aromatic N) is 2. The van der Waals surface area contributed by atoms with Crippen LogP contribution in [0.15, 0.2) is 64.2 Å². The van der Waals surface area contributed by atoms with E-state index in [4.69, 9.17) is 4.74 Å². The van der Waals surface area contributed by atoms with Crippen molar-refractivity contribution in [2.24, 2.45) is 4.99 Å². The van der Waals surface area contributed by atoms with Crippen LogP contribution in [0.25, 0.3) is 0 Å². The van der Waals surface area contributed by atoms with Gasteiger partial charge in [-0.25, -0.2) is 4.99 Å². The average molecular weight is 412 g/mol. The SMILES string of the molecule is C=C/C(=C\C)OC1CCN(C(=O)C(=C(C)C)/C(C(=C)C)=C(/N=CC)NC2(C)CC2)C1. The van der Waals surface area contributed by atoms with Crippen LogP contribution in [-0.2, 0) is 9.53 Å². The summed E-state index contributed by atoms with van der Waals surface area (Å²) in [5.41, 5.74) is 3.30. The minimum atomic E-state index is -0.0227. The normalized spacial score (nSPS) is 21.2. The van der Waals surface area contributed by atoms with Crippen molar-refractivity contribution in [3.05, 3.63) is 59.2 Å². The van der Waals surface area contributed by atoms with E-state index in [9.17, 15) is 4.79 Å². The summed E-state index contributed by atoms with van der Waals surface area (Å²) in [4.78, 5) is 20.1. The van der Waals surface area contributed by atoms with Gasteiger partial charge in [0.1, 0.15) is 17.7 Å². The van der Waals surface area contributed by atoms with Crippen LogP contribution in [0, 0.1) is 0 Å². The van der Waals surface area contributed by atoms with E-state index >= 15 is 0 Å². The second-order valence-electron chi connectivity index (χ2n) is 8.63. The quantitative estimate of drug-likeness (QED) is 0.250. The Labute approximate surface area is 182 Å². The highest BCUT2D eigenvalue weighted by Crippen LogP contribution is 2.37. The monoisotopic (exact) mass is 411 g/mol. The number of likely N-dealkylation sites (tertiary alicyclic amines) is 1. The molecule has 2 fully saturated rings. The molecule has 1 saturated carbocycles. The van der Waals surface area contributed by atoms with E-state index in [0.29, 0.717) is 18.7 Å². The van der Waals surface area contributed by atoms with E-state index in [2.05, 4.69) is 30.4 Å². The van der Waals surface area contributed by atoms with Gasteiger partial charge in [-0.3, -0.25) is 4.79 Å². The number of carbonyl (C=O) groups is 1. The van der Waals surface area contributed by atoms with Gasteiger partial charge < -0.3 is 15.0 Å². The summed E-state index contributed by atoms with van der Waals surface area (Å²) in [5, 5.41) is 3.55. The number of hydrogen-bond donors (Lipinski definition) is 1. The third-order valence-electron chi connectivity index (χ3n) is 5.53. The molecule has 1 atom stereocenters. The third-order valence-corrected chi connectivity index (χ3v) is 5.53. The molecular weight excluding hydrogens is 374 g/mol. The lowest BCUT2D eigenvalue weighted by atomic mass is 9.94. The largest absolute Gasteiger partial charge is 0.489 e. The Hall–Kier alpha value is -2.56. The number of amides is 1. The molecule has 2 aliphatic rings. The molecule has 0 aromatic rings. The lowest BCUT2D eigenvalue weighted by Gasteiger charge is -2.24. The zero-order valence-electron chi connectivity index (χ0n) is 19.5. The first-order chi connectivity index (χ1) is 14.2. The first-order valence-electron chi connectivity index (χ1n) is 10.7. The topological polar surface area (TPSA) is 53.9 Å². The van der Waals surface area contributed by atoms with Crippen molar-refractivity contribution in [2.75, 3.05) is 13.1 Å². The van der Waals surface area contributed by atoms with Gasteiger partial charge in [0.05, 0.1) is 6.54 Å². The fourth-order valence-corrected chi connectivity index (χ4v) is 3.58. The van der Waals surface area contributed by atoms with Crippen LogP contribution in [0.4, 0.5) is 0 Å². The molecule has 5 nitrogen and oxygen atoms in total. The van der Waals surface area contributed by atoms with E-state index in [1.54, 1.807) is 12.3 Å². The average Bonchev–Trinajstić information content (AvgIpc) is 3.23. The second kappa shape index (κ2) is 9.96. The van der Waals surface area contributed by atoms with Crippen molar-refractivity contribution in [3.63, 3.8) is 0 Å². The van der Waals surface area contributed by atoms with Gasteiger partial charge in [-0.15, -0.1) is 0 Å². The molecule has 1 N–H and O–H groups in total. The molecule has 1 aliphatic carbocycles. The van der Waals surface area contributed by atoms with E-state index in [-0.39, 0.29) is 17.6 Å². The molecule has 5 heteroatoms. The van der Waals surface area contributed by atoms with Gasteiger partial charge in [-0.2, -0.15) is 0 Å². The maximum atomic E-state index is 13.6. The van der Waals surface area contributed by atoms with Gasteiger partial charge in [-0.05, 0) is 72.1 Å². The van der Waals surface area contributed by atoms with Crippen molar-refractivity contribution >= 4 is 12.1 Å². The smallest absolute Gasteiger partial charge is 0.254 e. The summed E-state index contributed by atoms with van der Waals surface area (Å²) < 4.78 is 5.97. The fraction of sp³-hybridized carbons (Fsp3) is 0.520. The van der Waals surface area contributed by atoms with E-state index in [0.717, 1.165) is 47.6 Å². The second-order valence-corrected chi connectivity index (χ2v) is 8.63. The highest BCUT2D eigenvalue weighted by atomic mass is 16.5. The number of hydrogen-bond acceptors (Lipinski definition) is 4. The van der Waals surface area contributed by atoms with Crippen molar-refractivity contribution in [3.8, 4) is 0 Å². The van der Waals surface area contributed by atoms with Crippen LogP contribution in [0.3, 0.4) is 0 Å². The Morgan fingerprint density at radius 3 is 2.37 bits per heavy atom. The Bertz CT molecular complexity index is 821. The Kier molecular flexibility index (Phi) is 7.88. The summed E-state index contributed by atoms with van der Waals surface area (Å²) in [6, 6.07) is 0. The number of nitrogens with one attached hydrogen (secondary N) is 1. The van der Waals surface area contributed by atoms with Gasteiger partial charge in [0.2, 0.25) is 0 Å². The minimum absolute atomic E-state index is 0.00582. The van der Waals surface area contributed by atoms with Gasteiger partial charge >= 0.3 is 0 Å². The summed E-state index contributed by atoms with van der Waals surface area (Å²) in [6.07, 6.45) is 8.32. The van der Waals surface area contributed by atoms with Crippen LogP contribution in [0.2, 0.25) is 0 Å². The van der Waals surface area contributed by atoms with Crippen LogP contribution in [0.1, 0.15) is 60.8 Å². The number of rotatable bonds is 9. The Morgan fingerprint density at radius 1 is 1.23 bits per heavy atom. The predicted molar refractivity (Wildman–Crippen MR) is 125 cm³/mol. The van der Waals surface area contributed by atoms with Crippen LogP contribution >= 0.6 is 0 Å². The van der Waals surface area contributed by atoms with Crippen molar-refractivity contribution in [2.45, 2.75) is 72.4 Å². The van der Waals surface area contributed by atoms with Gasteiger partial charge in [0.15, 0.2) is 0 Å². The number of aliphatic imine (C=N–C) groups is 1. The maximum Gasteiger partial charge on any atom is 0.254 e. The summed E-state index contributed by atoms with van der Waals surface area (Å²) >= 11 is 0. The molecule has 1 saturated heterocycles. The summed E-state index contributed by atoms with van der Waals surface area (Å²) in [5.74, 6) is 1.48. The molecule has 1 heterocycles. The Balaban J connectivity index is 2.35. The molecule has 1 amide bonds. The molecule has 0 spiro atoms. The minimum Gasteiger partial charge on any atom is -0.489 e. The standard InChI is InChI=1S/C25H37N3O2/c1-9-19(10-2)30-20-12-15-28(16-20)24(29)22(18(6)7)21(17(4)5)23(26-11-3)27-25(8)13-14-25/h9-11,20,27H,1,4,12-16H2,2-3,5-8H3/b19-10+,23-21-,26-11?. The van der Waals surface area contributed by atoms with E-state index < -0.39 is 0 Å². The first-order valence-corrected chi connectivity index (χ1v) is 10.7. The summed E-state index contributed by atoms with van der Waals surface area (Å²) in [6.45, 7) is 21.0. The zero-order chi connectivity index (χ0) is 22.5. The predicted octanol–water partition coefficient (Wildman–Crippen LogP) is 5.05. The van der Waals surface area contributed by atoms with Crippen molar-refractivity contribution in [1.29, 1.82) is 0 Å². The molecule has 1 unspecified atom stereocenters. The molecule has 164 valence electrons. The lowest BCUT2D eigenvalue weighted by molar-refractivity contribution is -0.126. The Morgan fingerprint density at radius 2 is 1.90 bits per heavy atom. The van der Waals surface area contributed by atoms with Gasteiger partial charge in [-0.1, -0.05) is 18.7 Å². The van der Waals surface area contributed by atoms with Crippen molar-refractivity contribution < 1.29 is 9.53 Å². The maximum absolute atomic E-state index is 13.6. The van der Waals surface area contributed by atoms with Gasteiger partial charge in [0.25, 0.3) is 5.91 Å². The van der Waals surface area contributed by atoms with Crippen LogP contribution in [-0.4, -0.2) is 41.8 Å². The molecule has 0 bridgehead atoms. The number of carbonyl (C=O) groups excluding carboxylic acids is 1. The first kappa shape index (κ1) is 23.7. The molecule has 30 heavy (non-hydrogen) atoms. The summed E-state index contributed by atoms with van der Waals surface area (Å²) in [7, 11) is 0. The fourth-order valence-electron chi connectivity index (χ4n) is 3.58. The zero-order valence-corrected chi connectivity index (χ0v) is 19.5. The number of allylic oxidation sites excluding steroid dienone is 4. The molecule has 0 aromatic carbocycles. The van der Waals surface area contributed by atoms with E-state index in [1.165, 1.54) is 0 Å². The van der Waals surface area contributed by atoms with Crippen LogP contribution < -0.4 is 5.32 Å². The molecular formula is C25H37N3O2. The molecule has 2 rings (SSSR count). The molecule has 0 radical (unpaired) electrons. The van der Waals surface area contributed by atoms with Gasteiger partial charge in [0, 0.05) is 35.9 Å².